The van der Waals surface area contributed by atoms with Crippen molar-refractivity contribution in [1.29, 1.82) is 0 Å². The van der Waals surface area contributed by atoms with Gasteiger partial charge in [-0.05, 0) is 37.8 Å². The first-order valence-corrected chi connectivity index (χ1v) is 6.58. The molecule has 1 aliphatic carbocycles. The van der Waals surface area contributed by atoms with Gasteiger partial charge in [0.05, 0.1) is 18.4 Å². The molecular weight excluding hydrogens is 244 g/mol. The molecule has 0 N–H and O–H groups in total. The quantitative estimate of drug-likeness (QED) is 0.765. The summed E-state index contributed by atoms with van der Waals surface area (Å²) in [6.45, 7) is 0.559. The van der Waals surface area contributed by atoms with Crippen molar-refractivity contribution in [2.75, 3.05) is 11.4 Å². The molecule has 19 heavy (non-hydrogen) atoms. The number of aromatic nitrogens is 1. The Hall–Kier alpha value is -1.91. The third kappa shape index (κ3) is 2.20. The number of ether oxygens (including phenoxy) is 1. The highest BCUT2D eigenvalue weighted by Gasteiger charge is 2.47. The summed E-state index contributed by atoms with van der Waals surface area (Å²) in [5, 5.41) is 0. The minimum Gasteiger partial charge on any atom is -0.441 e. The maximum atomic E-state index is 12.0. The molecule has 100 valence electrons. The fraction of sp³-hybridized carbons (Fsp3) is 0.500. The second kappa shape index (κ2) is 4.64. The zero-order valence-corrected chi connectivity index (χ0v) is 10.6. The molecule has 2 aliphatic rings. The van der Waals surface area contributed by atoms with Gasteiger partial charge in [-0.15, -0.1) is 0 Å². The van der Waals surface area contributed by atoms with Crippen LogP contribution in [-0.2, 0) is 9.53 Å². The first-order valence-electron chi connectivity index (χ1n) is 6.58. The van der Waals surface area contributed by atoms with Crippen molar-refractivity contribution in [3.05, 3.63) is 24.5 Å². The first-order chi connectivity index (χ1) is 9.22. The van der Waals surface area contributed by atoms with Gasteiger partial charge in [-0.25, -0.2) is 4.79 Å². The monoisotopic (exact) mass is 260 g/mol. The standard InChI is InChI=1S/C14H16N2O3/c17-9-11-3-5-14(6-4-11)10-16(13(18)19-14)12-2-1-7-15-8-12/h1-2,7-9,11H,3-6,10H2/t11-,14-. The highest BCUT2D eigenvalue weighted by atomic mass is 16.6. The summed E-state index contributed by atoms with van der Waals surface area (Å²) in [5.74, 6) is 0.122. The number of nitrogens with zero attached hydrogens (tertiary/aromatic N) is 2. The largest absolute Gasteiger partial charge is 0.441 e. The number of pyridine rings is 1. The molecule has 1 aliphatic heterocycles. The fourth-order valence-electron chi connectivity index (χ4n) is 2.90. The number of anilines is 1. The van der Waals surface area contributed by atoms with E-state index in [-0.39, 0.29) is 12.0 Å². The molecule has 1 aromatic rings. The van der Waals surface area contributed by atoms with Crippen LogP contribution in [0, 0.1) is 5.92 Å². The molecule has 3 rings (SSSR count). The number of aldehydes is 1. The average Bonchev–Trinajstić information content (AvgIpc) is 2.77. The summed E-state index contributed by atoms with van der Waals surface area (Å²) < 4.78 is 5.59. The molecular formula is C14H16N2O3. The molecule has 0 bridgehead atoms. The van der Waals surface area contributed by atoms with Gasteiger partial charge in [-0.3, -0.25) is 9.88 Å². The average molecular weight is 260 g/mol. The van der Waals surface area contributed by atoms with Gasteiger partial charge in [-0.2, -0.15) is 0 Å². The first kappa shape index (κ1) is 12.1. The lowest BCUT2D eigenvalue weighted by Crippen LogP contribution is -2.38. The second-order valence-electron chi connectivity index (χ2n) is 5.32. The van der Waals surface area contributed by atoms with Crippen LogP contribution in [0.15, 0.2) is 24.5 Å². The van der Waals surface area contributed by atoms with Gasteiger partial charge in [0.15, 0.2) is 0 Å². The molecule has 1 amide bonds. The van der Waals surface area contributed by atoms with Crippen LogP contribution in [0.25, 0.3) is 0 Å². The fourth-order valence-corrected chi connectivity index (χ4v) is 2.90. The summed E-state index contributed by atoms with van der Waals surface area (Å²) in [5.41, 5.74) is 0.355. The lowest BCUT2D eigenvalue weighted by Gasteiger charge is -2.33. The Balaban J connectivity index is 1.75. The van der Waals surface area contributed by atoms with Crippen LogP contribution < -0.4 is 4.90 Å². The van der Waals surface area contributed by atoms with E-state index in [0.29, 0.717) is 6.54 Å². The normalized spacial score (nSPS) is 30.4. The zero-order chi connectivity index (χ0) is 13.3. The van der Waals surface area contributed by atoms with Gasteiger partial charge in [-0.1, -0.05) is 0 Å². The van der Waals surface area contributed by atoms with E-state index >= 15 is 0 Å². The van der Waals surface area contributed by atoms with E-state index in [9.17, 15) is 9.59 Å². The number of amides is 1. The molecule has 0 unspecified atom stereocenters. The Morgan fingerprint density at radius 1 is 1.42 bits per heavy atom. The molecule has 2 heterocycles. The van der Waals surface area contributed by atoms with Crippen molar-refractivity contribution < 1.29 is 14.3 Å². The topological polar surface area (TPSA) is 59.5 Å². The van der Waals surface area contributed by atoms with Gasteiger partial charge in [0, 0.05) is 12.1 Å². The van der Waals surface area contributed by atoms with E-state index in [0.717, 1.165) is 37.7 Å². The maximum absolute atomic E-state index is 12.0. The number of carbonyl (C=O) groups is 2. The lowest BCUT2D eigenvalue weighted by atomic mass is 9.79. The van der Waals surface area contributed by atoms with Crippen LogP contribution in [-0.4, -0.2) is 29.5 Å². The van der Waals surface area contributed by atoms with Crippen LogP contribution in [0.4, 0.5) is 10.5 Å². The maximum Gasteiger partial charge on any atom is 0.415 e. The van der Waals surface area contributed by atoms with Crippen LogP contribution in [0.5, 0.6) is 0 Å². The highest BCUT2D eigenvalue weighted by molar-refractivity contribution is 5.90. The minimum atomic E-state index is -0.410. The predicted molar refractivity (Wildman–Crippen MR) is 68.8 cm³/mol. The van der Waals surface area contributed by atoms with Gasteiger partial charge in [0.2, 0.25) is 0 Å². The molecule has 2 fully saturated rings. The molecule has 5 nitrogen and oxygen atoms in total. The lowest BCUT2D eigenvalue weighted by molar-refractivity contribution is -0.113. The number of hydrogen-bond acceptors (Lipinski definition) is 4. The van der Waals surface area contributed by atoms with E-state index in [2.05, 4.69) is 4.98 Å². The Kier molecular flexibility index (Phi) is 2.97. The van der Waals surface area contributed by atoms with E-state index in [1.807, 2.05) is 6.07 Å². The van der Waals surface area contributed by atoms with Crippen LogP contribution >= 0.6 is 0 Å². The molecule has 0 aromatic carbocycles. The molecule has 1 saturated heterocycles. The summed E-state index contributed by atoms with van der Waals surface area (Å²) in [6.07, 6.45) is 7.18. The minimum absolute atomic E-state index is 0.122. The molecule has 1 aromatic heterocycles. The van der Waals surface area contributed by atoms with Crippen LogP contribution in [0.2, 0.25) is 0 Å². The number of hydrogen-bond donors (Lipinski definition) is 0. The van der Waals surface area contributed by atoms with E-state index in [1.165, 1.54) is 0 Å². The Bertz CT molecular complexity index is 481. The van der Waals surface area contributed by atoms with Crippen molar-refractivity contribution in [3.63, 3.8) is 0 Å². The van der Waals surface area contributed by atoms with E-state index in [1.54, 1.807) is 23.4 Å². The molecule has 1 saturated carbocycles. The Morgan fingerprint density at radius 3 is 2.84 bits per heavy atom. The third-order valence-electron chi connectivity index (χ3n) is 4.06. The van der Waals surface area contributed by atoms with Crippen molar-refractivity contribution >= 4 is 18.1 Å². The summed E-state index contributed by atoms with van der Waals surface area (Å²) in [6, 6.07) is 3.65. The molecule has 1 spiro atoms. The van der Waals surface area contributed by atoms with Crippen LogP contribution in [0.3, 0.4) is 0 Å². The van der Waals surface area contributed by atoms with Gasteiger partial charge < -0.3 is 9.53 Å². The van der Waals surface area contributed by atoms with Gasteiger partial charge >= 0.3 is 6.09 Å². The second-order valence-corrected chi connectivity index (χ2v) is 5.32. The summed E-state index contributed by atoms with van der Waals surface area (Å²) >= 11 is 0. The third-order valence-corrected chi connectivity index (χ3v) is 4.06. The van der Waals surface area contributed by atoms with Crippen LogP contribution in [0.1, 0.15) is 25.7 Å². The van der Waals surface area contributed by atoms with E-state index < -0.39 is 5.60 Å². The van der Waals surface area contributed by atoms with Crippen molar-refractivity contribution in [3.8, 4) is 0 Å². The highest BCUT2D eigenvalue weighted by Crippen LogP contribution is 2.40. The Labute approximate surface area is 111 Å². The molecule has 5 heteroatoms. The van der Waals surface area contributed by atoms with E-state index in [4.69, 9.17) is 4.74 Å². The number of carbonyl (C=O) groups excluding carboxylic acids is 2. The summed E-state index contributed by atoms with van der Waals surface area (Å²) in [4.78, 5) is 28.5. The number of rotatable bonds is 2. The summed E-state index contributed by atoms with van der Waals surface area (Å²) in [7, 11) is 0. The molecule has 0 radical (unpaired) electrons. The van der Waals surface area contributed by atoms with Gasteiger partial charge in [0.1, 0.15) is 11.9 Å². The predicted octanol–water partition coefficient (Wildman–Crippen LogP) is 2.17. The molecule has 0 atom stereocenters. The van der Waals surface area contributed by atoms with Crippen molar-refractivity contribution in [2.24, 2.45) is 5.92 Å². The Morgan fingerprint density at radius 2 is 2.21 bits per heavy atom. The SMILES string of the molecule is O=C[C@H]1CC[C@]2(CC1)CN(c1cccnc1)C(=O)O2. The van der Waals surface area contributed by atoms with Crippen molar-refractivity contribution in [1.82, 2.24) is 4.98 Å². The van der Waals surface area contributed by atoms with Gasteiger partial charge in [0.25, 0.3) is 0 Å². The van der Waals surface area contributed by atoms with Crippen molar-refractivity contribution in [2.45, 2.75) is 31.3 Å². The smallest absolute Gasteiger partial charge is 0.415 e. The zero-order valence-electron chi connectivity index (χ0n) is 10.6.